The Bertz CT molecular complexity index is 866. The average Bonchev–Trinajstić information content (AvgIpc) is 3.15. The smallest absolute Gasteiger partial charge is 0.304 e. The minimum Gasteiger partial charge on any atom is -0.449 e. The van der Waals surface area contributed by atoms with Gasteiger partial charge in [0.15, 0.2) is 0 Å². The van der Waals surface area contributed by atoms with Gasteiger partial charge in [-0.15, -0.1) is 0 Å². The molecule has 0 fully saturated rings. The van der Waals surface area contributed by atoms with Crippen LogP contribution in [0.1, 0.15) is 11.1 Å². The molecule has 1 aliphatic rings. The van der Waals surface area contributed by atoms with E-state index in [2.05, 4.69) is 52.3 Å². The van der Waals surface area contributed by atoms with E-state index in [1.807, 2.05) is 42.5 Å². The number of rotatable bonds is 4. The van der Waals surface area contributed by atoms with Crippen molar-refractivity contribution in [1.82, 2.24) is 0 Å². The van der Waals surface area contributed by atoms with Crippen LogP contribution >= 0.6 is 27.7 Å². The van der Waals surface area contributed by atoms with Crippen LogP contribution in [0.3, 0.4) is 0 Å². The lowest BCUT2D eigenvalue weighted by atomic mass is 9.97. The third kappa shape index (κ3) is 3.32. The molecule has 0 spiro atoms. The van der Waals surface area contributed by atoms with Gasteiger partial charge in [0.2, 0.25) is 0 Å². The van der Waals surface area contributed by atoms with Crippen LogP contribution < -0.4 is 0 Å². The van der Waals surface area contributed by atoms with E-state index in [0.717, 1.165) is 15.6 Å². The summed E-state index contributed by atoms with van der Waals surface area (Å²) in [5.74, 6) is -0.920. The first-order valence-corrected chi connectivity index (χ1v) is 9.47. The summed E-state index contributed by atoms with van der Waals surface area (Å²) < 4.78 is 12.8. The summed E-state index contributed by atoms with van der Waals surface area (Å²) in [5.41, 5.74) is 1.90. The van der Waals surface area contributed by atoms with E-state index in [1.54, 1.807) is 24.3 Å². The largest absolute Gasteiger partial charge is 0.449 e. The molecule has 0 unspecified atom stereocenters. The zero-order valence-corrected chi connectivity index (χ0v) is 15.7. The predicted octanol–water partition coefficient (Wildman–Crippen LogP) is 6.32. The molecule has 0 saturated carbocycles. The van der Waals surface area contributed by atoms with Gasteiger partial charge in [-0.2, -0.15) is 0 Å². The van der Waals surface area contributed by atoms with Gasteiger partial charge in [-0.05, 0) is 60.7 Å². The summed E-state index contributed by atoms with van der Waals surface area (Å²) in [5, 5.41) is 0. The van der Waals surface area contributed by atoms with E-state index in [0.29, 0.717) is 0 Å². The van der Waals surface area contributed by atoms with E-state index in [1.165, 1.54) is 9.79 Å². The molecule has 124 valence electrons. The average molecular weight is 411 g/mol. The van der Waals surface area contributed by atoms with Crippen LogP contribution in [0.2, 0.25) is 0 Å². The summed E-state index contributed by atoms with van der Waals surface area (Å²) in [7, 11) is 0. The molecule has 4 heteroatoms. The molecule has 0 saturated heterocycles. The minimum atomic E-state index is -0.920. The first kappa shape index (κ1) is 16.3. The van der Waals surface area contributed by atoms with Crippen molar-refractivity contribution in [2.24, 2.45) is 0 Å². The lowest BCUT2D eigenvalue weighted by molar-refractivity contribution is -0.112. The van der Waals surface area contributed by atoms with Crippen molar-refractivity contribution < 1.29 is 9.47 Å². The Morgan fingerprint density at radius 1 is 0.640 bits per heavy atom. The molecule has 0 aromatic heterocycles. The van der Waals surface area contributed by atoms with E-state index in [4.69, 9.17) is 9.47 Å². The molecule has 1 aliphatic heterocycles. The Balaban J connectivity index is 1.64. The number of halogens is 1. The van der Waals surface area contributed by atoms with Crippen LogP contribution in [-0.4, -0.2) is 0 Å². The molecular weight excluding hydrogens is 396 g/mol. The highest BCUT2D eigenvalue weighted by molar-refractivity contribution is 9.10. The first-order valence-electron chi connectivity index (χ1n) is 7.86. The third-order valence-electron chi connectivity index (χ3n) is 3.96. The van der Waals surface area contributed by atoms with Gasteiger partial charge in [0.25, 0.3) is 0 Å². The van der Waals surface area contributed by atoms with E-state index in [-0.39, 0.29) is 0 Å². The zero-order valence-electron chi connectivity index (χ0n) is 13.3. The maximum absolute atomic E-state index is 5.89. The van der Waals surface area contributed by atoms with Crippen LogP contribution in [0.4, 0.5) is 0 Å². The highest BCUT2D eigenvalue weighted by atomic mass is 79.9. The summed E-state index contributed by atoms with van der Waals surface area (Å²) >= 11 is 5.20. The molecular formula is C21H15BrO2S. The Labute approximate surface area is 159 Å². The maximum Gasteiger partial charge on any atom is 0.304 e. The number of hydrogen-bond donors (Lipinski definition) is 0. The predicted molar refractivity (Wildman–Crippen MR) is 103 cm³/mol. The van der Waals surface area contributed by atoms with Crippen molar-refractivity contribution >= 4 is 27.7 Å². The van der Waals surface area contributed by atoms with Gasteiger partial charge < -0.3 is 9.47 Å². The Morgan fingerprint density at radius 2 is 1.16 bits per heavy atom. The number of ether oxygens (including phenoxy) is 2. The van der Waals surface area contributed by atoms with Crippen LogP contribution in [0.25, 0.3) is 0 Å². The normalized spacial score (nSPS) is 14.8. The SMILES string of the molecule is Brc1ccc(C2(c3ccc(Sc4ccccc4)cc3)OC=CO2)cc1. The summed E-state index contributed by atoms with van der Waals surface area (Å²) in [6, 6.07) is 26.6. The number of benzene rings is 3. The van der Waals surface area contributed by atoms with Crippen molar-refractivity contribution in [3.8, 4) is 0 Å². The molecule has 0 amide bonds. The van der Waals surface area contributed by atoms with Crippen LogP contribution in [0.15, 0.2) is 106 Å². The van der Waals surface area contributed by atoms with Gasteiger partial charge in [0.1, 0.15) is 12.5 Å². The maximum atomic E-state index is 5.89. The molecule has 2 nitrogen and oxygen atoms in total. The molecule has 1 heterocycles. The van der Waals surface area contributed by atoms with Crippen molar-refractivity contribution in [3.63, 3.8) is 0 Å². The van der Waals surface area contributed by atoms with Gasteiger partial charge >= 0.3 is 5.79 Å². The van der Waals surface area contributed by atoms with E-state index in [9.17, 15) is 0 Å². The van der Waals surface area contributed by atoms with Crippen molar-refractivity contribution in [2.45, 2.75) is 15.6 Å². The Kier molecular flexibility index (Phi) is 4.55. The van der Waals surface area contributed by atoms with Gasteiger partial charge in [0, 0.05) is 25.4 Å². The molecule has 3 aromatic rings. The molecule has 25 heavy (non-hydrogen) atoms. The zero-order chi connectivity index (χ0) is 17.1. The molecule has 0 radical (unpaired) electrons. The molecule has 3 aromatic carbocycles. The van der Waals surface area contributed by atoms with Crippen molar-refractivity contribution in [1.29, 1.82) is 0 Å². The van der Waals surface area contributed by atoms with E-state index < -0.39 is 5.79 Å². The number of hydrogen-bond acceptors (Lipinski definition) is 3. The molecule has 4 rings (SSSR count). The fourth-order valence-electron chi connectivity index (χ4n) is 2.75. The Morgan fingerprint density at radius 3 is 1.76 bits per heavy atom. The minimum absolute atomic E-state index is 0.920. The topological polar surface area (TPSA) is 18.5 Å². The van der Waals surface area contributed by atoms with Crippen LogP contribution in [0.5, 0.6) is 0 Å². The highest BCUT2D eigenvalue weighted by Gasteiger charge is 2.40. The van der Waals surface area contributed by atoms with Gasteiger partial charge in [-0.3, -0.25) is 0 Å². The van der Waals surface area contributed by atoms with Gasteiger partial charge in [0.05, 0.1) is 0 Å². The standard InChI is InChI=1S/C21H15BrO2S/c22-18-10-6-16(7-11-18)21(23-14-15-24-21)17-8-12-20(13-9-17)25-19-4-2-1-3-5-19/h1-15H. The van der Waals surface area contributed by atoms with Crippen molar-refractivity contribution in [2.75, 3.05) is 0 Å². The summed E-state index contributed by atoms with van der Waals surface area (Å²) in [6.45, 7) is 0. The summed E-state index contributed by atoms with van der Waals surface area (Å²) in [4.78, 5) is 2.39. The van der Waals surface area contributed by atoms with Crippen LogP contribution in [-0.2, 0) is 15.3 Å². The lowest BCUT2D eigenvalue weighted by Gasteiger charge is -2.28. The second-order valence-electron chi connectivity index (χ2n) is 5.57. The molecule has 0 aliphatic carbocycles. The van der Waals surface area contributed by atoms with Crippen LogP contribution in [0, 0.1) is 0 Å². The molecule has 0 atom stereocenters. The van der Waals surface area contributed by atoms with Gasteiger partial charge in [-0.25, -0.2) is 0 Å². The Hall–Kier alpha value is -2.17. The fraction of sp³-hybridized carbons (Fsp3) is 0.0476. The summed E-state index contributed by atoms with van der Waals surface area (Å²) in [6.07, 6.45) is 3.18. The van der Waals surface area contributed by atoms with Crippen molar-refractivity contribution in [3.05, 3.63) is 107 Å². The fourth-order valence-corrected chi connectivity index (χ4v) is 3.85. The quantitative estimate of drug-likeness (QED) is 0.501. The second-order valence-corrected chi connectivity index (χ2v) is 7.63. The second kappa shape index (κ2) is 6.98. The third-order valence-corrected chi connectivity index (χ3v) is 5.51. The first-order chi connectivity index (χ1) is 12.3. The highest BCUT2D eigenvalue weighted by Crippen LogP contribution is 2.40. The molecule has 0 N–H and O–H groups in total. The van der Waals surface area contributed by atoms with E-state index >= 15 is 0 Å². The lowest BCUT2D eigenvalue weighted by Crippen LogP contribution is -2.28. The van der Waals surface area contributed by atoms with Gasteiger partial charge in [-0.1, -0.05) is 45.9 Å². The molecule has 0 bridgehead atoms. The monoisotopic (exact) mass is 410 g/mol.